The molecule has 20 heavy (non-hydrogen) atoms. The molecule has 1 aliphatic heterocycles. The minimum atomic E-state index is 0.143. The van der Waals surface area contributed by atoms with Gasteiger partial charge in [-0.15, -0.1) is 0 Å². The van der Waals surface area contributed by atoms with Crippen molar-refractivity contribution in [1.82, 2.24) is 0 Å². The molecule has 2 aromatic carbocycles. The number of aryl methyl sites for hydroxylation is 3. The van der Waals surface area contributed by atoms with Crippen LogP contribution in [0.4, 0.5) is 0 Å². The third kappa shape index (κ3) is 2.20. The minimum Gasteiger partial charge on any atom is -0.288 e. The molecule has 2 heteroatoms. The fourth-order valence-corrected chi connectivity index (χ4v) is 3.72. The zero-order valence-corrected chi connectivity index (χ0v) is 12.7. The van der Waals surface area contributed by atoms with Gasteiger partial charge >= 0.3 is 0 Å². The first-order valence-electron chi connectivity index (χ1n) is 6.67. The van der Waals surface area contributed by atoms with Crippen molar-refractivity contribution in [2.75, 3.05) is 0 Å². The average Bonchev–Trinajstić information content (AvgIpc) is 2.71. The number of rotatable bonds is 1. The van der Waals surface area contributed by atoms with E-state index in [9.17, 15) is 4.79 Å². The van der Waals surface area contributed by atoms with Gasteiger partial charge in [0.2, 0.25) is 5.78 Å². The van der Waals surface area contributed by atoms with E-state index < -0.39 is 0 Å². The predicted molar refractivity (Wildman–Crippen MR) is 85.3 cm³/mol. The number of allylic oxidation sites excluding steroid dienone is 1. The van der Waals surface area contributed by atoms with Crippen LogP contribution in [0.1, 0.15) is 32.6 Å². The number of Topliss-reactive ketones (excluding diaryl/α,β-unsaturated/α-hetero) is 1. The van der Waals surface area contributed by atoms with Crippen molar-refractivity contribution in [2.45, 2.75) is 25.7 Å². The summed E-state index contributed by atoms with van der Waals surface area (Å²) in [5.74, 6) is 0.143. The molecular formula is C18H16OS. The van der Waals surface area contributed by atoms with E-state index in [0.717, 1.165) is 15.4 Å². The van der Waals surface area contributed by atoms with Crippen LogP contribution in [0, 0.1) is 20.8 Å². The molecule has 3 rings (SSSR count). The molecule has 0 fully saturated rings. The number of hydrogen-bond donors (Lipinski definition) is 0. The smallest absolute Gasteiger partial charge is 0.200 e. The Bertz CT molecular complexity index is 718. The van der Waals surface area contributed by atoms with Crippen LogP contribution in [-0.2, 0) is 0 Å². The van der Waals surface area contributed by atoms with Crippen LogP contribution in [0.25, 0.3) is 6.08 Å². The molecule has 0 atom stereocenters. The molecule has 0 bridgehead atoms. The van der Waals surface area contributed by atoms with Crippen molar-refractivity contribution in [3.63, 3.8) is 0 Å². The van der Waals surface area contributed by atoms with E-state index in [1.807, 2.05) is 30.3 Å². The van der Waals surface area contributed by atoms with Gasteiger partial charge in [0.05, 0.1) is 4.91 Å². The molecule has 0 aliphatic carbocycles. The van der Waals surface area contributed by atoms with Crippen LogP contribution in [0.5, 0.6) is 0 Å². The molecule has 2 aromatic rings. The predicted octanol–water partition coefficient (Wildman–Crippen LogP) is 4.94. The highest BCUT2D eigenvalue weighted by atomic mass is 32.2. The van der Waals surface area contributed by atoms with E-state index >= 15 is 0 Å². The second kappa shape index (κ2) is 4.95. The van der Waals surface area contributed by atoms with Gasteiger partial charge in [-0.3, -0.25) is 4.79 Å². The largest absolute Gasteiger partial charge is 0.288 e. The topological polar surface area (TPSA) is 17.1 Å². The number of benzene rings is 2. The number of carbonyl (C=O) groups is 1. The number of ketones is 1. The SMILES string of the molecule is Cc1cc(C)c(/C=C2\Sc3ccccc3C2=O)c(C)c1. The van der Waals surface area contributed by atoms with Gasteiger partial charge in [-0.25, -0.2) is 0 Å². The third-order valence-electron chi connectivity index (χ3n) is 3.59. The highest BCUT2D eigenvalue weighted by Crippen LogP contribution is 2.41. The third-order valence-corrected chi connectivity index (χ3v) is 4.69. The molecule has 0 spiro atoms. The van der Waals surface area contributed by atoms with E-state index in [-0.39, 0.29) is 5.78 Å². The van der Waals surface area contributed by atoms with Gasteiger partial charge in [-0.1, -0.05) is 41.6 Å². The van der Waals surface area contributed by atoms with Crippen LogP contribution < -0.4 is 0 Å². The lowest BCUT2D eigenvalue weighted by Crippen LogP contribution is -1.95. The molecule has 0 saturated carbocycles. The summed E-state index contributed by atoms with van der Waals surface area (Å²) < 4.78 is 0. The maximum atomic E-state index is 12.4. The second-order valence-electron chi connectivity index (χ2n) is 5.25. The zero-order chi connectivity index (χ0) is 14.3. The zero-order valence-electron chi connectivity index (χ0n) is 11.9. The van der Waals surface area contributed by atoms with Crippen LogP contribution in [-0.4, -0.2) is 5.78 Å². The highest BCUT2D eigenvalue weighted by Gasteiger charge is 2.25. The summed E-state index contributed by atoms with van der Waals surface area (Å²) in [6, 6.07) is 12.1. The van der Waals surface area contributed by atoms with Gasteiger partial charge in [0.1, 0.15) is 0 Å². The van der Waals surface area contributed by atoms with E-state index in [1.165, 1.54) is 22.3 Å². The van der Waals surface area contributed by atoms with Crippen LogP contribution in [0.15, 0.2) is 46.2 Å². The maximum absolute atomic E-state index is 12.4. The average molecular weight is 280 g/mol. The van der Waals surface area contributed by atoms with Gasteiger partial charge in [0.25, 0.3) is 0 Å². The minimum absolute atomic E-state index is 0.143. The first kappa shape index (κ1) is 13.2. The number of thioether (sulfide) groups is 1. The summed E-state index contributed by atoms with van der Waals surface area (Å²) in [6.45, 7) is 6.30. The molecule has 1 nitrogen and oxygen atoms in total. The van der Waals surface area contributed by atoms with Crippen molar-refractivity contribution >= 4 is 23.6 Å². The second-order valence-corrected chi connectivity index (χ2v) is 6.33. The molecule has 0 aromatic heterocycles. The summed E-state index contributed by atoms with van der Waals surface area (Å²) in [6.07, 6.45) is 2.04. The Balaban J connectivity index is 2.06. The summed E-state index contributed by atoms with van der Waals surface area (Å²) in [7, 11) is 0. The van der Waals surface area contributed by atoms with Gasteiger partial charge in [0, 0.05) is 10.5 Å². The Kier molecular flexibility index (Phi) is 3.27. The van der Waals surface area contributed by atoms with E-state index in [1.54, 1.807) is 11.8 Å². The monoisotopic (exact) mass is 280 g/mol. The number of hydrogen-bond acceptors (Lipinski definition) is 2. The van der Waals surface area contributed by atoms with Crippen LogP contribution in [0.3, 0.4) is 0 Å². The normalized spacial score (nSPS) is 15.8. The quantitative estimate of drug-likeness (QED) is 0.688. The Morgan fingerprint density at radius 3 is 2.30 bits per heavy atom. The molecule has 0 amide bonds. The van der Waals surface area contributed by atoms with Crippen molar-refractivity contribution in [1.29, 1.82) is 0 Å². The fourth-order valence-electron chi connectivity index (χ4n) is 2.69. The Morgan fingerprint density at radius 2 is 1.65 bits per heavy atom. The Labute approximate surface area is 123 Å². The van der Waals surface area contributed by atoms with Crippen molar-refractivity contribution < 1.29 is 4.79 Å². The lowest BCUT2D eigenvalue weighted by atomic mass is 9.98. The molecule has 0 N–H and O–H groups in total. The summed E-state index contributed by atoms with van der Waals surface area (Å²) in [5, 5.41) is 0. The molecule has 1 aliphatic rings. The van der Waals surface area contributed by atoms with Gasteiger partial charge in [-0.2, -0.15) is 0 Å². The highest BCUT2D eigenvalue weighted by molar-refractivity contribution is 8.04. The standard InChI is InChI=1S/C18H16OS/c1-11-8-12(2)15(13(3)9-11)10-17-18(19)14-6-4-5-7-16(14)20-17/h4-10H,1-3H3/b17-10-. The van der Waals surface area contributed by atoms with Crippen molar-refractivity contribution in [2.24, 2.45) is 0 Å². The molecule has 100 valence electrons. The Morgan fingerprint density at radius 1 is 1.00 bits per heavy atom. The Hall–Kier alpha value is -1.80. The van der Waals surface area contributed by atoms with Gasteiger partial charge in [0.15, 0.2) is 0 Å². The van der Waals surface area contributed by atoms with Gasteiger partial charge < -0.3 is 0 Å². The molecular weight excluding hydrogens is 264 g/mol. The van der Waals surface area contributed by atoms with Crippen LogP contribution >= 0.6 is 11.8 Å². The molecule has 1 heterocycles. The van der Waals surface area contributed by atoms with Crippen molar-refractivity contribution in [3.05, 3.63) is 69.1 Å². The number of fused-ring (bicyclic) bond motifs is 1. The van der Waals surface area contributed by atoms with E-state index in [0.29, 0.717) is 0 Å². The summed E-state index contributed by atoms with van der Waals surface area (Å²) >= 11 is 1.57. The lowest BCUT2D eigenvalue weighted by molar-refractivity contribution is 0.104. The first-order valence-corrected chi connectivity index (χ1v) is 7.49. The summed E-state index contributed by atoms with van der Waals surface area (Å²) in [5.41, 5.74) is 5.69. The number of carbonyl (C=O) groups excluding carboxylic acids is 1. The van der Waals surface area contributed by atoms with Gasteiger partial charge in [-0.05, 0) is 55.7 Å². The van der Waals surface area contributed by atoms with E-state index in [4.69, 9.17) is 0 Å². The maximum Gasteiger partial charge on any atom is 0.200 e. The van der Waals surface area contributed by atoms with Crippen molar-refractivity contribution in [3.8, 4) is 0 Å². The fraction of sp³-hybridized carbons (Fsp3) is 0.167. The first-order chi connectivity index (χ1) is 9.56. The molecule has 0 unspecified atom stereocenters. The van der Waals surface area contributed by atoms with E-state index in [2.05, 4.69) is 32.9 Å². The van der Waals surface area contributed by atoms with Crippen LogP contribution in [0.2, 0.25) is 0 Å². The molecule has 0 radical (unpaired) electrons. The summed E-state index contributed by atoms with van der Waals surface area (Å²) in [4.78, 5) is 14.3. The lowest BCUT2D eigenvalue weighted by Gasteiger charge is -2.08. The molecule has 0 saturated heterocycles.